The topological polar surface area (TPSA) is 106 Å². The molecule has 0 saturated carbocycles. The number of ether oxygens (including phenoxy) is 1. The van der Waals surface area contributed by atoms with E-state index in [4.69, 9.17) is 9.84 Å². The van der Waals surface area contributed by atoms with Crippen LogP contribution in [0.2, 0.25) is 0 Å². The fourth-order valence-electron chi connectivity index (χ4n) is 2.01. The van der Waals surface area contributed by atoms with Gasteiger partial charge in [-0.15, -0.1) is 5.10 Å². The molecule has 2 N–H and O–H groups in total. The Morgan fingerprint density at radius 2 is 2.09 bits per heavy atom. The Kier molecular flexibility index (Phi) is 5.69. The molecule has 8 nitrogen and oxygen atoms in total. The number of benzene rings is 1. The van der Waals surface area contributed by atoms with E-state index in [-0.39, 0.29) is 13.0 Å². The lowest BCUT2D eigenvalue weighted by Gasteiger charge is -2.17. The van der Waals surface area contributed by atoms with Crippen LogP contribution in [0, 0.1) is 0 Å². The Bertz CT molecular complexity index is 670. The Morgan fingerprint density at radius 3 is 2.65 bits per heavy atom. The molecule has 1 atom stereocenters. The minimum atomic E-state index is -1.06. The Hall–Kier alpha value is -2.42. The summed E-state index contributed by atoms with van der Waals surface area (Å²) in [6, 6.07) is 8.36. The van der Waals surface area contributed by atoms with Crippen LogP contribution in [0.25, 0.3) is 0 Å². The lowest BCUT2D eigenvalue weighted by Crippen LogP contribution is -2.32. The number of nitrogens with one attached hydrogen (secondary N) is 1. The zero-order chi connectivity index (χ0) is 16.8. The highest BCUT2D eigenvalue weighted by molar-refractivity contribution is 9.10. The molecule has 2 rings (SSSR count). The van der Waals surface area contributed by atoms with Gasteiger partial charge in [-0.25, -0.2) is 9.48 Å². The Morgan fingerprint density at radius 1 is 1.39 bits per heavy atom. The number of carbonyl (C=O) groups is 2. The van der Waals surface area contributed by atoms with Gasteiger partial charge in [0.1, 0.15) is 6.61 Å². The molecule has 1 aromatic carbocycles. The first-order chi connectivity index (χ1) is 11.0. The summed E-state index contributed by atoms with van der Waals surface area (Å²) in [4.78, 5) is 23.0. The zero-order valence-corrected chi connectivity index (χ0v) is 13.9. The van der Waals surface area contributed by atoms with Gasteiger partial charge in [0.15, 0.2) is 4.60 Å². The lowest BCUT2D eigenvalue weighted by atomic mass is 10.1. The summed E-state index contributed by atoms with van der Waals surface area (Å²) in [5.74, 6) is -1.06. The van der Waals surface area contributed by atoms with Crippen LogP contribution in [-0.4, -0.2) is 32.2 Å². The number of hydrogen-bond donors (Lipinski definition) is 2. The largest absolute Gasteiger partial charge is 0.481 e. The SMILES string of the molecule is Cn1nnc(Br)c1[C@H](CC(=O)O)NC(=O)OCc1ccccc1. The van der Waals surface area contributed by atoms with Crippen molar-refractivity contribution < 1.29 is 19.4 Å². The van der Waals surface area contributed by atoms with Crippen molar-refractivity contribution in [2.45, 2.75) is 19.1 Å². The first-order valence-electron chi connectivity index (χ1n) is 6.71. The summed E-state index contributed by atoms with van der Waals surface area (Å²) >= 11 is 3.19. The molecule has 122 valence electrons. The van der Waals surface area contributed by atoms with Crippen molar-refractivity contribution in [3.05, 3.63) is 46.2 Å². The van der Waals surface area contributed by atoms with Gasteiger partial charge >= 0.3 is 12.1 Å². The van der Waals surface area contributed by atoms with Crippen LogP contribution in [0.1, 0.15) is 23.7 Å². The zero-order valence-electron chi connectivity index (χ0n) is 12.3. The number of carboxylic acid groups (broad SMARTS) is 1. The highest BCUT2D eigenvalue weighted by Gasteiger charge is 2.25. The van der Waals surface area contributed by atoms with Crippen LogP contribution in [0.4, 0.5) is 4.79 Å². The predicted octanol–water partition coefficient (Wildman–Crippen LogP) is 2.02. The van der Waals surface area contributed by atoms with Gasteiger partial charge in [-0.05, 0) is 21.5 Å². The minimum absolute atomic E-state index is 0.0945. The van der Waals surface area contributed by atoms with Crippen molar-refractivity contribution in [2.75, 3.05) is 0 Å². The molecule has 2 aromatic rings. The number of carbonyl (C=O) groups excluding carboxylic acids is 1. The molecular weight excluding hydrogens is 368 g/mol. The maximum atomic E-state index is 11.9. The van der Waals surface area contributed by atoms with E-state index in [9.17, 15) is 9.59 Å². The van der Waals surface area contributed by atoms with E-state index in [2.05, 4.69) is 31.6 Å². The van der Waals surface area contributed by atoms with Gasteiger partial charge in [0.25, 0.3) is 0 Å². The number of rotatable bonds is 6. The van der Waals surface area contributed by atoms with Crippen LogP contribution >= 0.6 is 15.9 Å². The molecule has 9 heteroatoms. The van der Waals surface area contributed by atoms with E-state index in [0.29, 0.717) is 10.3 Å². The number of aliphatic carboxylic acids is 1. The molecule has 1 heterocycles. The first-order valence-corrected chi connectivity index (χ1v) is 7.50. The third kappa shape index (κ3) is 4.78. The van der Waals surface area contributed by atoms with E-state index in [1.165, 1.54) is 4.68 Å². The highest BCUT2D eigenvalue weighted by atomic mass is 79.9. The molecule has 0 bridgehead atoms. The van der Waals surface area contributed by atoms with Crippen molar-refractivity contribution in [1.29, 1.82) is 0 Å². The van der Waals surface area contributed by atoms with Crippen LogP contribution in [0.3, 0.4) is 0 Å². The van der Waals surface area contributed by atoms with Gasteiger partial charge in [0.05, 0.1) is 18.2 Å². The third-order valence-corrected chi connectivity index (χ3v) is 3.61. The highest BCUT2D eigenvalue weighted by Crippen LogP contribution is 2.23. The summed E-state index contributed by atoms with van der Waals surface area (Å²) in [5, 5.41) is 19.1. The maximum absolute atomic E-state index is 11.9. The molecule has 0 spiro atoms. The lowest BCUT2D eigenvalue weighted by molar-refractivity contribution is -0.137. The molecule has 1 amide bonds. The normalized spacial score (nSPS) is 11.7. The number of alkyl carbamates (subject to hydrolysis) is 1. The van der Waals surface area contributed by atoms with Gasteiger partial charge in [0.2, 0.25) is 0 Å². The van der Waals surface area contributed by atoms with E-state index in [1.807, 2.05) is 30.3 Å². The Labute approximate surface area is 140 Å². The van der Waals surface area contributed by atoms with E-state index >= 15 is 0 Å². The van der Waals surface area contributed by atoms with Crippen molar-refractivity contribution >= 4 is 28.0 Å². The summed E-state index contributed by atoms with van der Waals surface area (Å²) in [6.45, 7) is 0.0945. The van der Waals surface area contributed by atoms with Gasteiger partial charge in [-0.3, -0.25) is 4.79 Å². The maximum Gasteiger partial charge on any atom is 0.408 e. The second-order valence-electron chi connectivity index (χ2n) is 4.75. The fraction of sp³-hybridized carbons (Fsp3) is 0.286. The molecule has 0 radical (unpaired) electrons. The van der Waals surface area contributed by atoms with Crippen LogP contribution in [0.15, 0.2) is 34.9 Å². The van der Waals surface area contributed by atoms with E-state index in [1.54, 1.807) is 7.05 Å². The smallest absolute Gasteiger partial charge is 0.408 e. The average Bonchev–Trinajstić information content (AvgIpc) is 2.84. The van der Waals surface area contributed by atoms with Gasteiger partial charge in [-0.1, -0.05) is 35.5 Å². The molecular formula is C14H15BrN4O4. The average molecular weight is 383 g/mol. The predicted molar refractivity (Wildman–Crippen MR) is 83.5 cm³/mol. The standard InChI is InChI=1S/C14H15BrN4O4/c1-19-12(13(15)17-18-19)10(7-11(20)21)16-14(22)23-8-9-5-3-2-4-6-9/h2-6,10H,7-8H2,1H3,(H,16,22)(H,20,21)/t10-/m0/s1. The number of carboxylic acids is 1. The van der Waals surface area contributed by atoms with E-state index < -0.39 is 18.1 Å². The monoisotopic (exact) mass is 382 g/mol. The molecule has 0 unspecified atom stereocenters. The molecule has 23 heavy (non-hydrogen) atoms. The minimum Gasteiger partial charge on any atom is -0.481 e. The number of aryl methyl sites for hydroxylation is 1. The van der Waals surface area contributed by atoms with Crippen LogP contribution in [0.5, 0.6) is 0 Å². The van der Waals surface area contributed by atoms with E-state index in [0.717, 1.165) is 5.56 Å². The van der Waals surface area contributed by atoms with Gasteiger partial charge in [0, 0.05) is 7.05 Å². The van der Waals surface area contributed by atoms with Crippen molar-refractivity contribution in [3.63, 3.8) is 0 Å². The number of amides is 1. The second kappa shape index (κ2) is 7.73. The molecule has 0 aliphatic carbocycles. The van der Waals surface area contributed by atoms with Crippen LogP contribution in [-0.2, 0) is 23.2 Å². The first kappa shape index (κ1) is 16.9. The number of aromatic nitrogens is 3. The molecule has 0 aliphatic rings. The third-order valence-electron chi connectivity index (χ3n) is 3.04. The quantitative estimate of drug-likeness (QED) is 0.791. The van der Waals surface area contributed by atoms with Gasteiger partial charge < -0.3 is 15.2 Å². The summed E-state index contributed by atoms with van der Waals surface area (Å²) in [5.41, 5.74) is 1.28. The molecule has 0 fully saturated rings. The number of halogens is 1. The van der Waals surface area contributed by atoms with Gasteiger partial charge in [-0.2, -0.15) is 0 Å². The van der Waals surface area contributed by atoms with Crippen molar-refractivity contribution in [3.8, 4) is 0 Å². The molecule has 0 aliphatic heterocycles. The summed E-state index contributed by atoms with van der Waals surface area (Å²) in [7, 11) is 1.61. The summed E-state index contributed by atoms with van der Waals surface area (Å²) in [6.07, 6.45) is -1.03. The fourth-order valence-corrected chi connectivity index (χ4v) is 2.61. The molecule has 1 aromatic heterocycles. The second-order valence-corrected chi connectivity index (χ2v) is 5.50. The Balaban J connectivity index is 2.03. The number of hydrogen-bond acceptors (Lipinski definition) is 5. The number of nitrogens with zero attached hydrogens (tertiary/aromatic N) is 3. The van der Waals surface area contributed by atoms with Crippen molar-refractivity contribution in [2.24, 2.45) is 7.05 Å². The van der Waals surface area contributed by atoms with Crippen LogP contribution < -0.4 is 5.32 Å². The summed E-state index contributed by atoms with van der Waals surface area (Å²) < 4.78 is 6.88. The van der Waals surface area contributed by atoms with Crippen molar-refractivity contribution in [1.82, 2.24) is 20.3 Å². The molecule has 0 saturated heterocycles.